The third kappa shape index (κ3) is 5.09. The van der Waals surface area contributed by atoms with Gasteiger partial charge in [0.05, 0.1) is 7.11 Å². The zero-order valence-electron chi connectivity index (χ0n) is 17.6. The molecule has 3 rings (SSSR count). The molecule has 3 aromatic carbocycles. The van der Waals surface area contributed by atoms with E-state index in [4.69, 9.17) is 4.74 Å². The minimum Gasteiger partial charge on any atom is -0.496 e. The highest BCUT2D eigenvalue weighted by Crippen LogP contribution is 2.31. The largest absolute Gasteiger partial charge is 0.496 e. The summed E-state index contributed by atoms with van der Waals surface area (Å²) < 4.78 is 18.5. The molecule has 0 aliphatic heterocycles. The number of fused-ring (bicyclic) bond motifs is 1. The van der Waals surface area contributed by atoms with Gasteiger partial charge in [-0.15, -0.1) is 0 Å². The second kappa shape index (κ2) is 9.03. The second-order valence-electron chi connectivity index (χ2n) is 7.71. The van der Waals surface area contributed by atoms with Gasteiger partial charge in [-0.25, -0.2) is 4.39 Å². The van der Waals surface area contributed by atoms with Gasteiger partial charge < -0.3 is 4.74 Å². The molecule has 0 saturated heterocycles. The fourth-order valence-electron chi connectivity index (χ4n) is 3.33. The molecule has 0 heterocycles. The van der Waals surface area contributed by atoms with Crippen LogP contribution in [0.25, 0.3) is 10.8 Å². The van der Waals surface area contributed by atoms with Crippen molar-refractivity contribution in [3.63, 3.8) is 0 Å². The Balaban J connectivity index is 0.000000199. The van der Waals surface area contributed by atoms with Gasteiger partial charge in [-0.1, -0.05) is 58.0 Å². The first-order valence-electron chi connectivity index (χ1n) is 9.57. The maximum Gasteiger partial charge on any atom is 0.126 e. The number of rotatable bonds is 3. The summed E-state index contributed by atoms with van der Waals surface area (Å²) in [6.07, 6.45) is 0. The topological polar surface area (TPSA) is 9.23 Å². The lowest BCUT2D eigenvalue weighted by molar-refractivity contribution is 0.408. The molecule has 0 spiro atoms. The molecule has 0 aliphatic rings. The molecule has 0 amide bonds. The van der Waals surface area contributed by atoms with Gasteiger partial charge in [0.15, 0.2) is 0 Å². The highest BCUT2D eigenvalue weighted by molar-refractivity contribution is 5.85. The van der Waals surface area contributed by atoms with Crippen LogP contribution in [0.4, 0.5) is 4.39 Å². The fourth-order valence-corrected chi connectivity index (χ4v) is 3.33. The molecular formula is C25H31FO. The molecule has 1 nitrogen and oxygen atoms in total. The summed E-state index contributed by atoms with van der Waals surface area (Å²) in [6.45, 7) is 12.4. The maximum absolute atomic E-state index is 13.1. The average Bonchev–Trinajstić information content (AvgIpc) is 2.63. The lowest BCUT2D eigenvalue weighted by Gasteiger charge is -2.13. The van der Waals surface area contributed by atoms with E-state index in [9.17, 15) is 4.39 Å². The lowest BCUT2D eigenvalue weighted by atomic mass is 9.96. The SMILES string of the molecule is COc1cc2ccccc2cc1C(C)C.Cc1cc(C)c(C(C)C)cc1F. The van der Waals surface area contributed by atoms with Gasteiger partial charge in [-0.2, -0.15) is 0 Å². The number of ether oxygens (including phenoxy) is 1. The van der Waals surface area contributed by atoms with Crippen molar-refractivity contribution < 1.29 is 9.13 Å². The molecule has 27 heavy (non-hydrogen) atoms. The van der Waals surface area contributed by atoms with E-state index in [1.54, 1.807) is 20.1 Å². The summed E-state index contributed by atoms with van der Waals surface area (Å²) in [4.78, 5) is 0. The van der Waals surface area contributed by atoms with E-state index in [1.807, 2.05) is 13.0 Å². The van der Waals surface area contributed by atoms with E-state index in [0.29, 0.717) is 11.8 Å². The first-order chi connectivity index (χ1) is 12.7. The van der Waals surface area contributed by atoms with Gasteiger partial charge >= 0.3 is 0 Å². The van der Waals surface area contributed by atoms with Gasteiger partial charge in [0, 0.05) is 0 Å². The van der Waals surface area contributed by atoms with E-state index in [-0.39, 0.29) is 5.82 Å². The Morgan fingerprint density at radius 2 is 1.30 bits per heavy atom. The second-order valence-corrected chi connectivity index (χ2v) is 7.71. The van der Waals surface area contributed by atoms with Gasteiger partial charge in [-0.05, 0) is 76.9 Å². The molecule has 0 unspecified atom stereocenters. The zero-order chi connectivity index (χ0) is 20.1. The number of methoxy groups -OCH3 is 1. The summed E-state index contributed by atoms with van der Waals surface area (Å²) >= 11 is 0. The van der Waals surface area contributed by atoms with E-state index in [0.717, 1.165) is 16.9 Å². The van der Waals surface area contributed by atoms with Gasteiger partial charge in [0.1, 0.15) is 11.6 Å². The van der Waals surface area contributed by atoms with Crippen LogP contribution in [0.3, 0.4) is 0 Å². The molecule has 3 aromatic rings. The quantitative estimate of drug-likeness (QED) is 0.465. The molecule has 2 heteroatoms. The van der Waals surface area contributed by atoms with Crippen molar-refractivity contribution >= 4 is 10.8 Å². The smallest absolute Gasteiger partial charge is 0.126 e. The van der Waals surface area contributed by atoms with Crippen molar-refractivity contribution in [3.05, 3.63) is 76.6 Å². The Morgan fingerprint density at radius 1 is 0.741 bits per heavy atom. The Hall–Kier alpha value is -2.35. The fraction of sp³-hybridized carbons (Fsp3) is 0.360. The van der Waals surface area contributed by atoms with Crippen LogP contribution in [0.5, 0.6) is 5.75 Å². The van der Waals surface area contributed by atoms with Crippen LogP contribution in [-0.4, -0.2) is 7.11 Å². The normalized spacial score (nSPS) is 10.9. The van der Waals surface area contributed by atoms with Crippen LogP contribution in [-0.2, 0) is 0 Å². The highest BCUT2D eigenvalue weighted by atomic mass is 19.1. The standard InChI is InChI=1S/C14H16O.C11H15F/c1-10(2)13-8-11-6-4-5-7-12(11)9-14(13)15-3;1-7(2)10-6-11(12)9(4)5-8(10)3/h4-10H,1-3H3;5-7H,1-4H3. The Labute approximate surface area is 163 Å². The van der Waals surface area contributed by atoms with Crippen LogP contribution < -0.4 is 4.74 Å². The minimum atomic E-state index is -0.0932. The van der Waals surface area contributed by atoms with Crippen LogP contribution in [0, 0.1) is 19.7 Å². The Morgan fingerprint density at radius 3 is 1.81 bits per heavy atom. The van der Waals surface area contributed by atoms with Crippen molar-refractivity contribution in [1.29, 1.82) is 0 Å². The van der Waals surface area contributed by atoms with Gasteiger partial charge in [0.25, 0.3) is 0 Å². The molecule has 0 fully saturated rings. The zero-order valence-corrected chi connectivity index (χ0v) is 17.6. The molecule has 0 saturated carbocycles. The monoisotopic (exact) mass is 366 g/mol. The number of benzene rings is 3. The molecule has 0 bridgehead atoms. The third-order valence-electron chi connectivity index (χ3n) is 4.89. The van der Waals surface area contributed by atoms with E-state index in [2.05, 4.69) is 64.1 Å². The molecule has 0 radical (unpaired) electrons. The van der Waals surface area contributed by atoms with Gasteiger partial charge in [0.2, 0.25) is 0 Å². The lowest BCUT2D eigenvalue weighted by Crippen LogP contribution is -1.95. The van der Waals surface area contributed by atoms with E-state index < -0.39 is 0 Å². The summed E-state index contributed by atoms with van der Waals surface area (Å²) in [5.74, 6) is 1.79. The van der Waals surface area contributed by atoms with Crippen LogP contribution >= 0.6 is 0 Å². The van der Waals surface area contributed by atoms with E-state index >= 15 is 0 Å². The molecular weight excluding hydrogens is 335 g/mol. The van der Waals surface area contributed by atoms with E-state index in [1.165, 1.54) is 21.9 Å². The average molecular weight is 367 g/mol. The first-order valence-corrected chi connectivity index (χ1v) is 9.57. The van der Waals surface area contributed by atoms with Crippen LogP contribution in [0.2, 0.25) is 0 Å². The first kappa shape index (κ1) is 21.0. The highest BCUT2D eigenvalue weighted by Gasteiger charge is 2.08. The van der Waals surface area contributed by atoms with Crippen molar-refractivity contribution in [1.82, 2.24) is 0 Å². The van der Waals surface area contributed by atoms with Crippen molar-refractivity contribution in [2.75, 3.05) is 7.11 Å². The number of hydrogen-bond acceptors (Lipinski definition) is 1. The van der Waals surface area contributed by atoms with Crippen LogP contribution in [0.15, 0.2) is 48.5 Å². The maximum atomic E-state index is 13.1. The minimum absolute atomic E-state index is 0.0932. The number of aryl methyl sites for hydroxylation is 2. The molecule has 0 aromatic heterocycles. The number of hydrogen-bond donors (Lipinski definition) is 0. The van der Waals surface area contributed by atoms with Crippen molar-refractivity contribution in [2.45, 2.75) is 53.4 Å². The summed E-state index contributed by atoms with van der Waals surface area (Å²) in [7, 11) is 1.73. The predicted octanol–water partition coefficient (Wildman–Crippen LogP) is 7.54. The van der Waals surface area contributed by atoms with Crippen molar-refractivity contribution in [2.24, 2.45) is 0 Å². The Kier molecular flexibility index (Phi) is 7.01. The summed E-state index contributed by atoms with van der Waals surface area (Å²) in [5.41, 5.74) is 4.30. The molecule has 144 valence electrons. The predicted molar refractivity (Wildman–Crippen MR) is 115 cm³/mol. The summed E-state index contributed by atoms with van der Waals surface area (Å²) in [6, 6.07) is 16.3. The van der Waals surface area contributed by atoms with Crippen molar-refractivity contribution in [3.8, 4) is 5.75 Å². The summed E-state index contributed by atoms with van der Waals surface area (Å²) in [5, 5.41) is 2.51. The third-order valence-corrected chi connectivity index (χ3v) is 4.89. The Bertz CT molecular complexity index is 910. The van der Waals surface area contributed by atoms with Crippen LogP contribution in [0.1, 0.15) is 61.8 Å². The molecule has 0 aliphatic carbocycles. The number of halogens is 1. The van der Waals surface area contributed by atoms with Gasteiger partial charge in [-0.3, -0.25) is 0 Å². The molecule has 0 atom stereocenters. The molecule has 0 N–H and O–H groups in total.